The number of hydrogen-bond acceptors (Lipinski definition) is 2. The second kappa shape index (κ2) is 4.96. The second-order valence-electron chi connectivity index (χ2n) is 4.54. The number of hydrogen-bond donors (Lipinski definition) is 1. The lowest BCUT2D eigenvalue weighted by Gasteiger charge is -2.11. The van der Waals surface area contributed by atoms with E-state index in [2.05, 4.69) is 20.9 Å². The molecule has 21 heavy (non-hydrogen) atoms. The third-order valence-corrected chi connectivity index (χ3v) is 3.88. The second-order valence-corrected chi connectivity index (χ2v) is 5.40. The van der Waals surface area contributed by atoms with Crippen LogP contribution in [0.4, 0.5) is 4.39 Å². The molecule has 0 bridgehead atoms. The third-order valence-electron chi connectivity index (χ3n) is 3.24. The number of nitrogens with zero attached hydrogens (tertiary/aromatic N) is 2. The number of benzene rings is 2. The molecule has 0 aliphatic rings. The zero-order valence-electron chi connectivity index (χ0n) is 11.0. The Bertz CT molecular complexity index is 853. The van der Waals surface area contributed by atoms with Crippen molar-refractivity contribution < 1.29 is 14.3 Å². The molecule has 6 heteroatoms. The quantitative estimate of drug-likeness (QED) is 0.763. The lowest BCUT2D eigenvalue weighted by molar-refractivity contribution is 0.0698. The van der Waals surface area contributed by atoms with Crippen LogP contribution in [0.25, 0.3) is 16.7 Å². The molecular formula is C15H10BrFN2O2. The molecule has 0 spiro atoms. The van der Waals surface area contributed by atoms with E-state index in [1.165, 1.54) is 16.7 Å². The number of fused-ring (bicyclic) bond motifs is 1. The maximum atomic E-state index is 14.2. The molecule has 0 saturated carbocycles. The highest BCUT2D eigenvalue weighted by atomic mass is 79.9. The van der Waals surface area contributed by atoms with Crippen molar-refractivity contribution in [2.45, 2.75) is 6.92 Å². The van der Waals surface area contributed by atoms with Crippen LogP contribution in [0.3, 0.4) is 0 Å². The van der Waals surface area contributed by atoms with Crippen LogP contribution in [0.5, 0.6) is 0 Å². The van der Waals surface area contributed by atoms with E-state index in [1.54, 1.807) is 31.2 Å². The van der Waals surface area contributed by atoms with Crippen LogP contribution in [0.15, 0.2) is 40.9 Å². The number of carbonyl (C=O) groups is 1. The number of halogens is 2. The van der Waals surface area contributed by atoms with Gasteiger partial charge in [0.15, 0.2) is 0 Å². The lowest BCUT2D eigenvalue weighted by Crippen LogP contribution is -2.05. The molecule has 0 aliphatic carbocycles. The van der Waals surface area contributed by atoms with Gasteiger partial charge in [-0.1, -0.05) is 12.1 Å². The van der Waals surface area contributed by atoms with E-state index >= 15 is 0 Å². The van der Waals surface area contributed by atoms with Crippen LogP contribution in [-0.4, -0.2) is 20.6 Å². The van der Waals surface area contributed by atoms with Gasteiger partial charge in [0.1, 0.15) is 11.6 Å². The Morgan fingerprint density at radius 2 is 2.00 bits per heavy atom. The summed E-state index contributed by atoms with van der Waals surface area (Å²) in [7, 11) is 0. The van der Waals surface area contributed by atoms with Gasteiger partial charge in [0.25, 0.3) is 0 Å². The normalized spacial score (nSPS) is 11.0. The number of carboxylic acid groups (broad SMARTS) is 1. The molecule has 1 N–H and O–H groups in total. The molecule has 0 radical (unpaired) electrons. The smallest absolute Gasteiger partial charge is 0.337 e. The maximum Gasteiger partial charge on any atom is 0.337 e. The topological polar surface area (TPSA) is 55.1 Å². The van der Waals surface area contributed by atoms with Crippen LogP contribution in [0.1, 0.15) is 16.2 Å². The number of aryl methyl sites for hydroxylation is 1. The van der Waals surface area contributed by atoms with Crippen molar-refractivity contribution in [2.24, 2.45) is 0 Å². The molecule has 106 valence electrons. The summed E-state index contributed by atoms with van der Waals surface area (Å²) in [6.45, 7) is 1.71. The predicted molar refractivity (Wildman–Crippen MR) is 80.4 cm³/mol. The summed E-state index contributed by atoms with van der Waals surface area (Å²) >= 11 is 3.31. The number of aromatic carboxylic acids is 1. The minimum absolute atomic E-state index is 0.0863. The van der Waals surface area contributed by atoms with E-state index in [1.807, 2.05) is 0 Å². The van der Waals surface area contributed by atoms with Crippen LogP contribution in [0, 0.1) is 12.7 Å². The Balaban J connectivity index is 2.48. The van der Waals surface area contributed by atoms with Gasteiger partial charge in [-0.2, -0.15) is 0 Å². The Labute approximate surface area is 128 Å². The summed E-state index contributed by atoms with van der Waals surface area (Å²) < 4.78 is 16.3. The fourth-order valence-electron chi connectivity index (χ4n) is 2.39. The van der Waals surface area contributed by atoms with Crippen molar-refractivity contribution in [1.82, 2.24) is 9.55 Å². The van der Waals surface area contributed by atoms with Gasteiger partial charge >= 0.3 is 5.97 Å². The van der Waals surface area contributed by atoms with E-state index in [4.69, 9.17) is 0 Å². The van der Waals surface area contributed by atoms with E-state index in [9.17, 15) is 14.3 Å². The minimum atomic E-state index is -1.07. The number of rotatable bonds is 2. The first-order valence-corrected chi connectivity index (χ1v) is 6.95. The van der Waals surface area contributed by atoms with Gasteiger partial charge in [-0.25, -0.2) is 14.2 Å². The van der Waals surface area contributed by atoms with Gasteiger partial charge in [-0.3, -0.25) is 4.57 Å². The average molecular weight is 349 g/mol. The molecule has 0 fully saturated rings. The van der Waals surface area contributed by atoms with Gasteiger partial charge in [0.2, 0.25) is 0 Å². The summed E-state index contributed by atoms with van der Waals surface area (Å²) in [5.74, 6) is -1.01. The number of aromatic nitrogens is 2. The summed E-state index contributed by atoms with van der Waals surface area (Å²) in [5, 5.41) is 9.36. The Kier molecular flexibility index (Phi) is 3.25. The molecule has 0 unspecified atom stereocenters. The predicted octanol–water partition coefficient (Wildman–Crippen LogP) is 3.93. The van der Waals surface area contributed by atoms with Gasteiger partial charge in [0.05, 0.1) is 22.3 Å². The van der Waals surface area contributed by atoms with Crippen LogP contribution < -0.4 is 0 Å². The van der Waals surface area contributed by atoms with Gasteiger partial charge in [0, 0.05) is 4.47 Å². The lowest BCUT2D eigenvalue weighted by atomic mass is 10.1. The van der Waals surface area contributed by atoms with Crippen LogP contribution in [0.2, 0.25) is 0 Å². The van der Waals surface area contributed by atoms with Crippen molar-refractivity contribution in [3.8, 4) is 5.69 Å². The molecule has 0 atom stereocenters. The molecule has 4 nitrogen and oxygen atoms in total. The zero-order chi connectivity index (χ0) is 15.1. The first-order valence-electron chi connectivity index (χ1n) is 6.16. The van der Waals surface area contributed by atoms with Crippen molar-refractivity contribution in [3.05, 3.63) is 58.1 Å². The first kappa shape index (κ1) is 13.8. The van der Waals surface area contributed by atoms with Crippen LogP contribution >= 0.6 is 15.9 Å². The van der Waals surface area contributed by atoms with Crippen molar-refractivity contribution >= 4 is 32.9 Å². The monoisotopic (exact) mass is 348 g/mol. The molecule has 2 aromatic carbocycles. The van der Waals surface area contributed by atoms with Gasteiger partial charge in [-0.15, -0.1) is 0 Å². The Morgan fingerprint density at radius 3 is 2.67 bits per heavy atom. The fraction of sp³-hybridized carbons (Fsp3) is 0.0667. The highest BCUT2D eigenvalue weighted by Gasteiger charge is 2.20. The van der Waals surface area contributed by atoms with E-state index < -0.39 is 11.8 Å². The van der Waals surface area contributed by atoms with Crippen molar-refractivity contribution in [1.29, 1.82) is 0 Å². The molecule has 0 aliphatic heterocycles. The van der Waals surface area contributed by atoms with Crippen molar-refractivity contribution in [2.75, 3.05) is 0 Å². The third kappa shape index (κ3) is 2.12. The highest BCUT2D eigenvalue weighted by Crippen LogP contribution is 2.30. The minimum Gasteiger partial charge on any atom is -0.478 e. The average Bonchev–Trinajstić information content (AvgIpc) is 2.75. The van der Waals surface area contributed by atoms with E-state index in [0.717, 1.165) is 0 Å². The molecule has 1 heterocycles. The van der Waals surface area contributed by atoms with E-state index in [0.29, 0.717) is 21.3 Å². The highest BCUT2D eigenvalue weighted by molar-refractivity contribution is 9.10. The summed E-state index contributed by atoms with van der Waals surface area (Å²) in [6.07, 6.45) is 0. The SMILES string of the molecule is Cc1nc2cccc(C(=O)O)c2n1-c1c(F)cccc1Br. The first-order chi connectivity index (χ1) is 10.0. The zero-order valence-corrected chi connectivity index (χ0v) is 12.6. The Morgan fingerprint density at radius 1 is 1.29 bits per heavy atom. The standard InChI is InChI=1S/C15H10BrFN2O2/c1-8-18-12-7-2-4-9(15(20)21)13(12)19(8)14-10(16)5-3-6-11(14)17/h2-7H,1H3,(H,20,21). The van der Waals surface area contributed by atoms with Crippen molar-refractivity contribution in [3.63, 3.8) is 0 Å². The molecule has 3 rings (SSSR count). The number of carboxylic acids is 1. The number of para-hydroxylation sites is 2. The Hall–Kier alpha value is -2.21. The summed E-state index contributed by atoms with van der Waals surface area (Å²) in [4.78, 5) is 15.8. The van der Waals surface area contributed by atoms with Gasteiger partial charge < -0.3 is 5.11 Å². The molecule has 3 aromatic rings. The van der Waals surface area contributed by atoms with Gasteiger partial charge in [-0.05, 0) is 47.1 Å². The maximum absolute atomic E-state index is 14.2. The molecule has 1 aromatic heterocycles. The summed E-state index contributed by atoms with van der Waals surface area (Å²) in [6, 6.07) is 9.42. The molecular weight excluding hydrogens is 339 g/mol. The fourth-order valence-corrected chi connectivity index (χ4v) is 2.91. The molecule has 0 saturated heterocycles. The van der Waals surface area contributed by atoms with E-state index in [-0.39, 0.29) is 11.3 Å². The molecule has 0 amide bonds. The number of imidazole rings is 1. The largest absolute Gasteiger partial charge is 0.478 e. The van der Waals surface area contributed by atoms with Crippen LogP contribution in [-0.2, 0) is 0 Å². The summed E-state index contributed by atoms with van der Waals surface area (Å²) in [5.41, 5.74) is 1.24.